The van der Waals surface area contributed by atoms with Gasteiger partial charge in [-0.2, -0.15) is 0 Å². The molecular weight excluding hydrogens is 350 g/mol. The number of allylic oxidation sites excluding steroid dienone is 2. The second-order valence-electron chi connectivity index (χ2n) is 6.60. The van der Waals surface area contributed by atoms with Crippen molar-refractivity contribution in [1.29, 1.82) is 0 Å². The van der Waals surface area contributed by atoms with Crippen molar-refractivity contribution in [2.45, 2.75) is 32.2 Å². The van der Waals surface area contributed by atoms with Crippen molar-refractivity contribution < 1.29 is 29.0 Å². The monoisotopic (exact) mass is 371 g/mol. The Balaban J connectivity index is 1.90. The lowest BCUT2D eigenvalue weighted by Gasteiger charge is -2.20. The van der Waals surface area contributed by atoms with Gasteiger partial charge in [0.05, 0.1) is 19.8 Å². The van der Waals surface area contributed by atoms with Crippen LogP contribution in [0.15, 0.2) is 40.9 Å². The largest absolute Gasteiger partial charge is 0.507 e. The predicted octanol–water partition coefficient (Wildman–Crippen LogP) is 1.80. The second-order valence-corrected chi connectivity index (χ2v) is 6.60. The molecule has 2 aliphatic carbocycles. The summed E-state index contributed by atoms with van der Waals surface area (Å²) >= 11 is 0. The molecule has 0 saturated heterocycles. The lowest BCUT2D eigenvalue weighted by atomic mass is 9.88. The van der Waals surface area contributed by atoms with E-state index < -0.39 is 11.6 Å². The smallest absolute Gasteiger partial charge is 0.255 e. The van der Waals surface area contributed by atoms with Crippen molar-refractivity contribution in [2.24, 2.45) is 0 Å². The van der Waals surface area contributed by atoms with Crippen LogP contribution in [0.4, 0.5) is 0 Å². The number of hydrogen-bond acceptors (Lipinski definition) is 6. The molecule has 1 fully saturated rings. The number of nitrogens with one attached hydrogen (secondary N) is 1. The van der Waals surface area contributed by atoms with Gasteiger partial charge in [0.1, 0.15) is 5.75 Å². The van der Waals surface area contributed by atoms with Gasteiger partial charge in [0.2, 0.25) is 23.1 Å². The molecular formula is C20H21NO6. The number of ketones is 2. The molecule has 0 heterocycles. The number of carbonyl (C=O) groups is 3. The van der Waals surface area contributed by atoms with E-state index in [0.717, 1.165) is 12.8 Å². The summed E-state index contributed by atoms with van der Waals surface area (Å²) in [5.74, 6) is -1.56. The SMILES string of the molecule is COC1=C(OC)C(=O)C(Cc2ccc(O)c(C(=O)NC3CC3)c2)=C(C)C1=O. The highest BCUT2D eigenvalue weighted by atomic mass is 16.5. The molecule has 0 bridgehead atoms. The number of hydrogen-bond donors (Lipinski definition) is 2. The van der Waals surface area contributed by atoms with Gasteiger partial charge in [-0.25, -0.2) is 0 Å². The van der Waals surface area contributed by atoms with Crippen LogP contribution in [0.2, 0.25) is 0 Å². The third-order valence-electron chi connectivity index (χ3n) is 4.69. The molecule has 2 N–H and O–H groups in total. The summed E-state index contributed by atoms with van der Waals surface area (Å²) in [5.41, 5.74) is 1.32. The summed E-state index contributed by atoms with van der Waals surface area (Å²) in [6, 6.07) is 4.72. The van der Waals surface area contributed by atoms with E-state index in [4.69, 9.17) is 9.47 Å². The van der Waals surface area contributed by atoms with Crippen molar-refractivity contribution >= 4 is 17.5 Å². The average molecular weight is 371 g/mol. The molecule has 7 heteroatoms. The van der Waals surface area contributed by atoms with Gasteiger partial charge in [-0.15, -0.1) is 0 Å². The number of phenolic OH excluding ortho intramolecular Hbond substituents is 1. The number of Topliss-reactive ketones (excluding diaryl/α,β-unsaturated/α-hetero) is 2. The van der Waals surface area contributed by atoms with Crippen molar-refractivity contribution in [3.05, 3.63) is 52.0 Å². The summed E-state index contributed by atoms with van der Waals surface area (Å²) in [6.45, 7) is 1.56. The van der Waals surface area contributed by atoms with Crippen LogP contribution in [0.25, 0.3) is 0 Å². The predicted molar refractivity (Wildman–Crippen MR) is 96.1 cm³/mol. The summed E-state index contributed by atoms with van der Waals surface area (Å²) in [4.78, 5) is 37.4. The first-order chi connectivity index (χ1) is 12.9. The lowest BCUT2D eigenvalue weighted by Crippen LogP contribution is -2.26. The topological polar surface area (TPSA) is 102 Å². The Morgan fingerprint density at radius 1 is 1.15 bits per heavy atom. The van der Waals surface area contributed by atoms with Crippen LogP contribution in [0.5, 0.6) is 5.75 Å². The number of phenols is 1. The Kier molecular flexibility index (Phi) is 5.03. The first-order valence-electron chi connectivity index (χ1n) is 8.61. The number of aromatic hydroxyl groups is 1. The Hall–Kier alpha value is -3.09. The molecule has 142 valence electrons. The Bertz CT molecular complexity index is 892. The molecule has 0 atom stereocenters. The summed E-state index contributed by atoms with van der Waals surface area (Å²) < 4.78 is 10.1. The van der Waals surface area contributed by atoms with Gasteiger partial charge >= 0.3 is 0 Å². The van der Waals surface area contributed by atoms with Crippen molar-refractivity contribution in [3.63, 3.8) is 0 Å². The maximum Gasteiger partial charge on any atom is 0.255 e. The highest BCUT2D eigenvalue weighted by molar-refractivity contribution is 6.23. The van der Waals surface area contributed by atoms with Crippen LogP contribution in [0, 0.1) is 0 Å². The molecule has 0 aliphatic heterocycles. The molecule has 0 unspecified atom stereocenters. The van der Waals surface area contributed by atoms with Crippen LogP contribution in [-0.2, 0) is 25.5 Å². The van der Waals surface area contributed by atoms with E-state index in [-0.39, 0.29) is 52.3 Å². The minimum absolute atomic E-state index is 0.112. The van der Waals surface area contributed by atoms with Crippen molar-refractivity contribution in [1.82, 2.24) is 5.32 Å². The zero-order valence-corrected chi connectivity index (χ0v) is 15.4. The van der Waals surface area contributed by atoms with E-state index in [9.17, 15) is 19.5 Å². The minimum Gasteiger partial charge on any atom is -0.507 e. The maximum atomic E-state index is 12.7. The molecule has 0 radical (unpaired) electrons. The van der Waals surface area contributed by atoms with Gasteiger partial charge in [-0.1, -0.05) is 6.07 Å². The summed E-state index contributed by atoms with van der Waals surface area (Å²) in [5, 5.41) is 12.8. The summed E-state index contributed by atoms with van der Waals surface area (Å²) in [6.07, 6.45) is 2.00. The van der Waals surface area contributed by atoms with Crippen LogP contribution in [-0.4, -0.2) is 42.8 Å². The highest BCUT2D eigenvalue weighted by Gasteiger charge is 2.34. The minimum atomic E-state index is -0.427. The van der Waals surface area contributed by atoms with Crippen LogP contribution >= 0.6 is 0 Å². The van der Waals surface area contributed by atoms with E-state index in [2.05, 4.69) is 5.32 Å². The fourth-order valence-corrected chi connectivity index (χ4v) is 2.97. The third-order valence-corrected chi connectivity index (χ3v) is 4.69. The fourth-order valence-electron chi connectivity index (χ4n) is 2.97. The van der Waals surface area contributed by atoms with E-state index in [0.29, 0.717) is 5.56 Å². The number of amides is 1. The van der Waals surface area contributed by atoms with E-state index in [1.54, 1.807) is 13.0 Å². The van der Waals surface area contributed by atoms with E-state index >= 15 is 0 Å². The molecule has 0 aromatic heterocycles. The number of ether oxygens (including phenoxy) is 2. The summed E-state index contributed by atoms with van der Waals surface area (Å²) in [7, 11) is 2.61. The Morgan fingerprint density at radius 3 is 2.37 bits per heavy atom. The van der Waals surface area contributed by atoms with Gasteiger partial charge in [0, 0.05) is 23.6 Å². The quantitative estimate of drug-likeness (QED) is 0.740. The number of carbonyl (C=O) groups excluding carboxylic acids is 3. The Labute approximate surface area is 156 Å². The van der Waals surface area contributed by atoms with Crippen LogP contribution < -0.4 is 5.32 Å². The number of methoxy groups -OCH3 is 2. The fraction of sp³-hybridized carbons (Fsp3) is 0.350. The standard InChI is InChI=1S/C20H21NO6/c1-10-13(17(24)19(27-3)18(26-2)16(10)23)8-11-4-7-15(22)14(9-11)20(25)21-12-5-6-12/h4,7,9,12,22H,5-6,8H2,1-3H3,(H,21,25). The molecule has 7 nitrogen and oxygen atoms in total. The van der Waals surface area contributed by atoms with Crippen molar-refractivity contribution in [3.8, 4) is 5.75 Å². The number of rotatable bonds is 6. The molecule has 1 amide bonds. The number of benzene rings is 1. The lowest BCUT2D eigenvalue weighted by molar-refractivity contribution is -0.121. The first-order valence-corrected chi connectivity index (χ1v) is 8.61. The molecule has 1 saturated carbocycles. The highest BCUT2D eigenvalue weighted by Crippen LogP contribution is 2.29. The molecule has 1 aromatic carbocycles. The Morgan fingerprint density at radius 2 is 1.78 bits per heavy atom. The molecule has 1 aromatic rings. The van der Waals surface area contributed by atoms with Gasteiger partial charge in [-0.3, -0.25) is 14.4 Å². The first kappa shape index (κ1) is 18.7. The van der Waals surface area contributed by atoms with Crippen LogP contribution in [0.3, 0.4) is 0 Å². The molecule has 2 aliphatic rings. The average Bonchev–Trinajstić information content (AvgIpc) is 3.46. The van der Waals surface area contributed by atoms with E-state index in [1.165, 1.54) is 26.4 Å². The van der Waals surface area contributed by atoms with Gasteiger partial charge in [-0.05, 0) is 37.5 Å². The van der Waals surface area contributed by atoms with Gasteiger partial charge in [0.15, 0.2) is 0 Å². The van der Waals surface area contributed by atoms with Crippen molar-refractivity contribution in [2.75, 3.05) is 14.2 Å². The van der Waals surface area contributed by atoms with Gasteiger partial charge in [0.25, 0.3) is 5.91 Å². The van der Waals surface area contributed by atoms with Crippen LogP contribution in [0.1, 0.15) is 35.7 Å². The maximum absolute atomic E-state index is 12.7. The van der Waals surface area contributed by atoms with E-state index in [1.807, 2.05) is 0 Å². The third kappa shape index (κ3) is 3.58. The molecule has 3 rings (SSSR count). The molecule has 27 heavy (non-hydrogen) atoms. The zero-order chi connectivity index (χ0) is 19.7. The normalized spacial score (nSPS) is 17.3. The van der Waals surface area contributed by atoms with Gasteiger partial charge < -0.3 is 19.9 Å². The second kappa shape index (κ2) is 7.26. The molecule has 0 spiro atoms. The zero-order valence-electron chi connectivity index (χ0n) is 15.4.